The molecule has 7 heteroatoms. The number of hydrogen-bond donors (Lipinski definition) is 1. The Hall–Kier alpha value is -2.18. The Morgan fingerprint density at radius 2 is 2.00 bits per heavy atom. The minimum absolute atomic E-state index is 0.107. The van der Waals surface area contributed by atoms with Crippen LogP contribution in [0.2, 0.25) is 0 Å². The summed E-state index contributed by atoms with van der Waals surface area (Å²) in [5.41, 5.74) is -1.66. The number of ether oxygens (including phenoxy) is 1. The zero-order valence-electron chi connectivity index (χ0n) is 13.1. The second-order valence-corrected chi connectivity index (χ2v) is 6.58. The average molecular weight is 307 g/mol. The van der Waals surface area contributed by atoms with Crippen LogP contribution in [0.3, 0.4) is 0 Å². The van der Waals surface area contributed by atoms with Gasteiger partial charge in [-0.3, -0.25) is 4.79 Å². The van der Waals surface area contributed by atoms with Crippen molar-refractivity contribution in [3.63, 3.8) is 0 Å². The lowest BCUT2D eigenvalue weighted by Gasteiger charge is -2.26. The standard InChI is InChI=1S/C15H21N3O4/c1-14(2,3)22-13(21)18-8-5-15(10-18,12(19)20)9-11-16-6-4-7-17-11/h4,6-7H,5,8-10H2,1-3H3,(H,19,20). The van der Waals surface area contributed by atoms with Gasteiger partial charge in [-0.15, -0.1) is 0 Å². The molecule has 7 nitrogen and oxygen atoms in total. The molecule has 1 fully saturated rings. The van der Waals surface area contributed by atoms with Crippen molar-refractivity contribution in [2.45, 2.75) is 39.2 Å². The quantitative estimate of drug-likeness (QED) is 0.914. The Kier molecular flexibility index (Phi) is 4.35. The summed E-state index contributed by atoms with van der Waals surface area (Å²) in [6.07, 6.45) is 3.24. The summed E-state index contributed by atoms with van der Waals surface area (Å²) in [6.45, 7) is 5.80. The highest BCUT2D eigenvalue weighted by atomic mass is 16.6. The minimum atomic E-state index is -1.06. The highest BCUT2D eigenvalue weighted by molar-refractivity contribution is 5.78. The van der Waals surface area contributed by atoms with Gasteiger partial charge in [-0.2, -0.15) is 0 Å². The van der Waals surface area contributed by atoms with Gasteiger partial charge in [-0.1, -0.05) is 0 Å². The maximum Gasteiger partial charge on any atom is 0.410 e. The molecule has 1 amide bonds. The number of likely N-dealkylation sites (tertiary alicyclic amines) is 1. The van der Waals surface area contributed by atoms with Crippen molar-refractivity contribution in [1.82, 2.24) is 14.9 Å². The fraction of sp³-hybridized carbons (Fsp3) is 0.600. The van der Waals surface area contributed by atoms with E-state index in [1.807, 2.05) is 0 Å². The number of aromatic nitrogens is 2. The highest BCUT2D eigenvalue weighted by Gasteiger charge is 2.47. The molecule has 0 bridgehead atoms. The first-order chi connectivity index (χ1) is 10.2. The first-order valence-electron chi connectivity index (χ1n) is 7.19. The maximum atomic E-state index is 12.1. The minimum Gasteiger partial charge on any atom is -0.481 e. The molecule has 0 saturated carbocycles. The number of carbonyl (C=O) groups is 2. The zero-order valence-corrected chi connectivity index (χ0v) is 13.1. The predicted molar refractivity (Wildman–Crippen MR) is 78.2 cm³/mol. The third kappa shape index (κ3) is 3.72. The van der Waals surface area contributed by atoms with E-state index in [1.54, 1.807) is 39.2 Å². The summed E-state index contributed by atoms with van der Waals surface area (Å²) >= 11 is 0. The molecule has 2 rings (SSSR count). The summed E-state index contributed by atoms with van der Waals surface area (Å²) in [7, 11) is 0. The number of aliphatic carboxylic acids is 1. The van der Waals surface area contributed by atoms with Gasteiger partial charge in [0.05, 0.1) is 5.41 Å². The van der Waals surface area contributed by atoms with Crippen LogP contribution >= 0.6 is 0 Å². The number of rotatable bonds is 3. The molecule has 1 aliphatic heterocycles. The van der Waals surface area contributed by atoms with E-state index in [4.69, 9.17) is 4.74 Å². The van der Waals surface area contributed by atoms with Gasteiger partial charge < -0.3 is 14.7 Å². The van der Waals surface area contributed by atoms with Gasteiger partial charge in [0, 0.05) is 31.9 Å². The van der Waals surface area contributed by atoms with Crippen LogP contribution in [0.15, 0.2) is 18.5 Å². The van der Waals surface area contributed by atoms with Crippen molar-refractivity contribution >= 4 is 12.1 Å². The molecule has 1 unspecified atom stereocenters. The van der Waals surface area contributed by atoms with Gasteiger partial charge in [0.2, 0.25) is 0 Å². The van der Waals surface area contributed by atoms with E-state index in [1.165, 1.54) is 4.90 Å². The summed E-state index contributed by atoms with van der Waals surface area (Å²) in [5.74, 6) is -0.470. The van der Waals surface area contributed by atoms with E-state index in [2.05, 4.69) is 9.97 Å². The largest absolute Gasteiger partial charge is 0.481 e. The Bertz CT molecular complexity index is 556. The van der Waals surface area contributed by atoms with Crippen molar-refractivity contribution in [1.29, 1.82) is 0 Å². The molecule has 0 aliphatic carbocycles. The van der Waals surface area contributed by atoms with Gasteiger partial charge >= 0.3 is 12.1 Å². The molecule has 120 valence electrons. The molecule has 1 saturated heterocycles. The van der Waals surface area contributed by atoms with Crippen LogP contribution in [0, 0.1) is 5.41 Å². The zero-order chi connectivity index (χ0) is 16.4. The number of nitrogens with zero attached hydrogens (tertiary/aromatic N) is 3. The molecule has 1 aromatic rings. The smallest absolute Gasteiger partial charge is 0.410 e. The Balaban J connectivity index is 2.11. The Labute approximate surface area is 129 Å². The number of amides is 1. The van der Waals surface area contributed by atoms with Crippen molar-refractivity contribution in [3.8, 4) is 0 Å². The van der Waals surface area contributed by atoms with Gasteiger partial charge in [0.1, 0.15) is 11.4 Å². The van der Waals surface area contributed by atoms with E-state index < -0.39 is 23.1 Å². The molecule has 1 N–H and O–H groups in total. The van der Waals surface area contributed by atoms with E-state index in [0.717, 1.165) is 0 Å². The molecule has 22 heavy (non-hydrogen) atoms. The Morgan fingerprint density at radius 1 is 1.36 bits per heavy atom. The molecule has 1 aliphatic rings. The fourth-order valence-corrected chi connectivity index (χ4v) is 2.47. The molecular weight excluding hydrogens is 286 g/mol. The number of carbonyl (C=O) groups excluding carboxylic acids is 1. The topological polar surface area (TPSA) is 92.6 Å². The van der Waals surface area contributed by atoms with Gasteiger partial charge in [0.15, 0.2) is 0 Å². The van der Waals surface area contributed by atoms with Crippen molar-refractivity contribution < 1.29 is 19.4 Å². The Morgan fingerprint density at radius 3 is 2.55 bits per heavy atom. The lowest BCUT2D eigenvalue weighted by Crippen LogP contribution is -2.40. The molecule has 2 heterocycles. The summed E-state index contributed by atoms with van der Waals surface area (Å²) in [5, 5.41) is 9.62. The maximum absolute atomic E-state index is 12.1. The average Bonchev–Trinajstić information content (AvgIpc) is 2.84. The fourth-order valence-electron chi connectivity index (χ4n) is 2.47. The normalized spacial score (nSPS) is 21.7. The van der Waals surface area contributed by atoms with Crippen LogP contribution in [0.1, 0.15) is 33.0 Å². The second kappa shape index (κ2) is 5.90. The first-order valence-corrected chi connectivity index (χ1v) is 7.19. The monoisotopic (exact) mass is 307 g/mol. The molecule has 1 aromatic heterocycles. The van der Waals surface area contributed by atoms with E-state index >= 15 is 0 Å². The van der Waals surface area contributed by atoms with Crippen LogP contribution < -0.4 is 0 Å². The number of hydrogen-bond acceptors (Lipinski definition) is 5. The summed E-state index contributed by atoms with van der Waals surface area (Å²) < 4.78 is 5.31. The van der Waals surface area contributed by atoms with Crippen LogP contribution in [0.5, 0.6) is 0 Å². The third-order valence-electron chi connectivity index (χ3n) is 3.57. The molecule has 1 atom stereocenters. The third-order valence-corrected chi connectivity index (χ3v) is 3.57. The highest BCUT2D eigenvalue weighted by Crippen LogP contribution is 2.34. The lowest BCUT2D eigenvalue weighted by molar-refractivity contribution is -0.148. The molecule has 0 aromatic carbocycles. The number of carboxylic acids is 1. The van der Waals surface area contributed by atoms with Gasteiger partial charge in [0.25, 0.3) is 0 Å². The SMILES string of the molecule is CC(C)(C)OC(=O)N1CCC(Cc2ncccn2)(C(=O)O)C1. The molecule has 0 radical (unpaired) electrons. The summed E-state index contributed by atoms with van der Waals surface area (Å²) in [4.78, 5) is 33.5. The summed E-state index contributed by atoms with van der Waals surface area (Å²) in [6, 6.07) is 1.68. The number of carboxylic acid groups (broad SMARTS) is 1. The lowest BCUT2D eigenvalue weighted by atomic mass is 9.83. The van der Waals surface area contributed by atoms with Crippen molar-refractivity contribution in [2.75, 3.05) is 13.1 Å². The predicted octanol–water partition coefficient (Wildman–Crippen LogP) is 1.73. The molecular formula is C15H21N3O4. The van der Waals surface area contributed by atoms with Gasteiger partial charge in [-0.05, 0) is 33.3 Å². The van der Waals surface area contributed by atoms with Crippen LogP contribution in [-0.2, 0) is 16.0 Å². The van der Waals surface area contributed by atoms with E-state index in [9.17, 15) is 14.7 Å². The van der Waals surface area contributed by atoms with Crippen LogP contribution in [0.25, 0.3) is 0 Å². The second-order valence-electron chi connectivity index (χ2n) is 6.58. The van der Waals surface area contributed by atoms with E-state index in [0.29, 0.717) is 18.8 Å². The van der Waals surface area contributed by atoms with Gasteiger partial charge in [-0.25, -0.2) is 14.8 Å². The van der Waals surface area contributed by atoms with Crippen LogP contribution in [-0.4, -0.2) is 50.7 Å². The first kappa shape index (κ1) is 16.2. The van der Waals surface area contributed by atoms with Crippen molar-refractivity contribution in [3.05, 3.63) is 24.3 Å². The molecule has 0 spiro atoms. The van der Waals surface area contributed by atoms with Crippen molar-refractivity contribution in [2.24, 2.45) is 5.41 Å². The van der Waals surface area contributed by atoms with E-state index in [-0.39, 0.29) is 13.0 Å². The van der Waals surface area contributed by atoms with Crippen LogP contribution in [0.4, 0.5) is 4.79 Å².